The zero-order chi connectivity index (χ0) is 10.3. The highest BCUT2D eigenvalue weighted by Crippen LogP contribution is 2.41. The third kappa shape index (κ3) is 2.08. The second-order valence-electron chi connectivity index (χ2n) is 5.22. The van der Waals surface area contributed by atoms with Gasteiger partial charge in [0.25, 0.3) is 0 Å². The van der Waals surface area contributed by atoms with Crippen molar-refractivity contribution >= 4 is 11.3 Å². The van der Waals surface area contributed by atoms with Crippen LogP contribution in [-0.2, 0) is 6.54 Å². The van der Waals surface area contributed by atoms with Gasteiger partial charge in [0, 0.05) is 23.4 Å². The van der Waals surface area contributed by atoms with Crippen LogP contribution in [0, 0.1) is 0 Å². The molecular formula is C12H18N2S. The standard InChI is InChI=1S/C12H18N2S/c1-12(5-2-6-12)13-7-10-8-15-11(14-10)9-3-4-9/h8-9,13H,2-7H2,1H3. The lowest BCUT2D eigenvalue weighted by molar-refractivity contribution is 0.206. The lowest BCUT2D eigenvalue weighted by atomic mass is 9.78. The number of rotatable bonds is 4. The molecule has 0 aliphatic heterocycles. The average molecular weight is 222 g/mol. The first-order chi connectivity index (χ1) is 7.25. The van der Waals surface area contributed by atoms with E-state index in [4.69, 9.17) is 0 Å². The number of thiazole rings is 1. The van der Waals surface area contributed by atoms with Crippen molar-refractivity contribution in [1.82, 2.24) is 10.3 Å². The molecule has 2 aliphatic rings. The Balaban J connectivity index is 1.56. The minimum atomic E-state index is 0.406. The molecule has 1 N–H and O–H groups in total. The fourth-order valence-electron chi connectivity index (χ4n) is 2.11. The zero-order valence-electron chi connectivity index (χ0n) is 9.25. The van der Waals surface area contributed by atoms with Gasteiger partial charge >= 0.3 is 0 Å². The highest BCUT2D eigenvalue weighted by molar-refractivity contribution is 7.09. The Morgan fingerprint density at radius 1 is 1.53 bits per heavy atom. The van der Waals surface area contributed by atoms with Crippen molar-refractivity contribution in [3.05, 3.63) is 16.1 Å². The van der Waals surface area contributed by atoms with Gasteiger partial charge in [-0.25, -0.2) is 4.98 Å². The smallest absolute Gasteiger partial charge is 0.0959 e. The molecule has 1 aromatic rings. The van der Waals surface area contributed by atoms with E-state index in [1.807, 2.05) is 11.3 Å². The van der Waals surface area contributed by atoms with Crippen LogP contribution in [0.25, 0.3) is 0 Å². The van der Waals surface area contributed by atoms with E-state index in [0.29, 0.717) is 5.54 Å². The van der Waals surface area contributed by atoms with E-state index in [-0.39, 0.29) is 0 Å². The summed E-state index contributed by atoms with van der Waals surface area (Å²) in [5.74, 6) is 0.808. The van der Waals surface area contributed by atoms with Gasteiger partial charge in [-0.2, -0.15) is 0 Å². The molecule has 0 bridgehead atoms. The summed E-state index contributed by atoms with van der Waals surface area (Å²) < 4.78 is 0. The molecule has 0 saturated heterocycles. The highest BCUT2D eigenvalue weighted by atomic mass is 32.1. The lowest BCUT2D eigenvalue weighted by Gasteiger charge is -2.39. The molecule has 2 nitrogen and oxygen atoms in total. The van der Waals surface area contributed by atoms with Gasteiger partial charge in [0.1, 0.15) is 0 Å². The molecule has 2 fully saturated rings. The van der Waals surface area contributed by atoms with E-state index in [2.05, 4.69) is 22.6 Å². The van der Waals surface area contributed by atoms with E-state index in [0.717, 1.165) is 12.5 Å². The molecule has 2 aliphatic carbocycles. The molecular weight excluding hydrogens is 204 g/mol. The molecule has 82 valence electrons. The number of aromatic nitrogens is 1. The van der Waals surface area contributed by atoms with Crippen molar-refractivity contribution in [3.8, 4) is 0 Å². The van der Waals surface area contributed by atoms with E-state index in [9.17, 15) is 0 Å². The van der Waals surface area contributed by atoms with Crippen LogP contribution in [0.5, 0.6) is 0 Å². The zero-order valence-corrected chi connectivity index (χ0v) is 10.1. The van der Waals surface area contributed by atoms with E-state index in [1.54, 1.807) is 0 Å². The number of nitrogens with zero attached hydrogens (tertiary/aromatic N) is 1. The Bertz CT molecular complexity index is 350. The Labute approximate surface area is 95.1 Å². The Morgan fingerprint density at radius 3 is 2.93 bits per heavy atom. The van der Waals surface area contributed by atoms with Gasteiger partial charge in [0.05, 0.1) is 10.7 Å². The third-order valence-corrected chi connectivity index (χ3v) is 4.71. The lowest BCUT2D eigenvalue weighted by Crippen LogP contribution is -2.47. The summed E-state index contributed by atoms with van der Waals surface area (Å²) in [6, 6.07) is 0. The maximum absolute atomic E-state index is 4.69. The molecule has 0 amide bonds. The van der Waals surface area contributed by atoms with Crippen LogP contribution in [0.15, 0.2) is 5.38 Å². The SMILES string of the molecule is CC1(NCc2csc(C3CC3)n2)CCC1. The molecule has 0 spiro atoms. The molecule has 0 unspecified atom stereocenters. The predicted octanol–water partition coefficient (Wildman–Crippen LogP) is 3.05. The predicted molar refractivity (Wildman–Crippen MR) is 63.2 cm³/mol. The molecule has 1 heterocycles. The van der Waals surface area contributed by atoms with Crippen LogP contribution in [0.2, 0.25) is 0 Å². The summed E-state index contributed by atoms with van der Waals surface area (Å²) >= 11 is 1.85. The van der Waals surface area contributed by atoms with Crippen molar-refractivity contribution in [2.75, 3.05) is 0 Å². The van der Waals surface area contributed by atoms with Gasteiger partial charge in [-0.15, -0.1) is 11.3 Å². The highest BCUT2D eigenvalue weighted by Gasteiger charge is 2.31. The molecule has 15 heavy (non-hydrogen) atoms. The molecule has 3 rings (SSSR count). The van der Waals surface area contributed by atoms with E-state index >= 15 is 0 Å². The normalized spacial score (nSPS) is 23.8. The molecule has 0 atom stereocenters. The van der Waals surface area contributed by atoms with Crippen LogP contribution >= 0.6 is 11.3 Å². The van der Waals surface area contributed by atoms with E-state index < -0.39 is 0 Å². The number of hydrogen-bond donors (Lipinski definition) is 1. The molecule has 1 aromatic heterocycles. The van der Waals surface area contributed by atoms with Gasteiger partial charge in [-0.3, -0.25) is 0 Å². The maximum Gasteiger partial charge on any atom is 0.0959 e. The summed E-state index contributed by atoms with van der Waals surface area (Å²) in [5.41, 5.74) is 1.65. The monoisotopic (exact) mass is 222 g/mol. The molecule has 0 aromatic carbocycles. The summed E-state index contributed by atoms with van der Waals surface area (Å²) in [4.78, 5) is 4.69. The average Bonchev–Trinajstić information content (AvgIpc) is 2.93. The fourth-order valence-corrected chi connectivity index (χ4v) is 3.10. The topological polar surface area (TPSA) is 24.9 Å². The van der Waals surface area contributed by atoms with Gasteiger partial charge in [0.2, 0.25) is 0 Å². The van der Waals surface area contributed by atoms with Gasteiger partial charge in [0.15, 0.2) is 0 Å². The third-order valence-electron chi connectivity index (χ3n) is 3.65. The summed E-state index contributed by atoms with van der Waals surface area (Å²) in [6.07, 6.45) is 6.75. The first kappa shape index (κ1) is 9.79. The first-order valence-electron chi connectivity index (χ1n) is 5.95. The van der Waals surface area contributed by atoms with Crippen LogP contribution < -0.4 is 5.32 Å². The van der Waals surface area contributed by atoms with Crippen molar-refractivity contribution in [2.45, 2.75) is 57.0 Å². The minimum absolute atomic E-state index is 0.406. The second kappa shape index (κ2) is 3.56. The fraction of sp³-hybridized carbons (Fsp3) is 0.750. The Kier molecular flexibility index (Phi) is 2.33. The first-order valence-corrected chi connectivity index (χ1v) is 6.82. The van der Waals surface area contributed by atoms with Crippen molar-refractivity contribution < 1.29 is 0 Å². The van der Waals surface area contributed by atoms with Crippen LogP contribution in [0.4, 0.5) is 0 Å². The number of nitrogens with one attached hydrogen (secondary N) is 1. The van der Waals surface area contributed by atoms with Gasteiger partial charge < -0.3 is 5.32 Å². The molecule has 2 saturated carbocycles. The van der Waals surface area contributed by atoms with Crippen LogP contribution in [0.3, 0.4) is 0 Å². The van der Waals surface area contributed by atoms with Crippen LogP contribution in [0.1, 0.15) is 55.6 Å². The minimum Gasteiger partial charge on any atom is -0.306 e. The van der Waals surface area contributed by atoms with Crippen molar-refractivity contribution in [3.63, 3.8) is 0 Å². The van der Waals surface area contributed by atoms with Gasteiger partial charge in [-0.1, -0.05) is 0 Å². The van der Waals surface area contributed by atoms with Crippen LogP contribution in [-0.4, -0.2) is 10.5 Å². The van der Waals surface area contributed by atoms with Crippen molar-refractivity contribution in [2.24, 2.45) is 0 Å². The van der Waals surface area contributed by atoms with Gasteiger partial charge in [-0.05, 0) is 39.0 Å². The summed E-state index contributed by atoms with van der Waals surface area (Å²) in [6.45, 7) is 3.28. The largest absolute Gasteiger partial charge is 0.306 e. The summed E-state index contributed by atoms with van der Waals surface area (Å²) in [5, 5.41) is 7.22. The van der Waals surface area contributed by atoms with Crippen molar-refractivity contribution in [1.29, 1.82) is 0 Å². The Morgan fingerprint density at radius 2 is 2.33 bits per heavy atom. The second-order valence-corrected chi connectivity index (χ2v) is 6.11. The quantitative estimate of drug-likeness (QED) is 0.847. The molecule has 3 heteroatoms. The maximum atomic E-state index is 4.69. The number of hydrogen-bond acceptors (Lipinski definition) is 3. The molecule has 0 radical (unpaired) electrons. The summed E-state index contributed by atoms with van der Waals surface area (Å²) in [7, 11) is 0. The Hall–Kier alpha value is -0.410. The van der Waals surface area contributed by atoms with E-state index in [1.165, 1.54) is 42.8 Å².